The topological polar surface area (TPSA) is 67.8 Å². The van der Waals surface area contributed by atoms with Crippen LogP contribution in [0.4, 0.5) is 4.79 Å². The number of carbonyl (C=O) groups excluding carboxylic acids is 1. The minimum Gasteiger partial charge on any atom is -0.394 e. The molecule has 3 N–H and O–H groups in total. The molecule has 22 heavy (non-hydrogen) atoms. The number of aliphatic hydroxyl groups excluding tert-OH is 1. The number of aliphatic hydroxyl groups is 1. The molecule has 0 aromatic rings. The number of nitrogens with one attached hydrogen (secondary N) is 2. The minimum absolute atomic E-state index is 0.0323. The highest BCUT2D eigenvalue weighted by Gasteiger charge is 2.39. The van der Waals surface area contributed by atoms with Crippen LogP contribution in [0.5, 0.6) is 0 Å². The van der Waals surface area contributed by atoms with Gasteiger partial charge in [-0.2, -0.15) is 0 Å². The summed E-state index contributed by atoms with van der Waals surface area (Å²) in [5, 5.41) is 14.8. The smallest absolute Gasteiger partial charge is 0.315 e. The Bertz CT molecular complexity index is 350. The fourth-order valence-electron chi connectivity index (χ4n) is 3.57. The van der Waals surface area contributed by atoms with E-state index in [2.05, 4.69) is 27.5 Å². The third kappa shape index (κ3) is 4.57. The number of nitrogens with zero attached hydrogens (tertiary/aromatic N) is 2. The molecule has 6 heteroatoms. The molecule has 2 heterocycles. The van der Waals surface area contributed by atoms with Gasteiger partial charge in [-0.05, 0) is 65.8 Å². The molecule has 0 saturated carbocycles. The van der Waals surface area contributed by atoms with E-state index < -0.39 is 0 Å². The summed E-state index contributed by atoms with van der Waals surface area (Å²) in [6, 6.07) is -0.375. The Kier molecular flexibility index (Phi) is 6.47. The SMILES string of the molecule is C[C@@H](CO)NC(=O)NCC1(N2CCCCC2)CCN(C)CC1. The second-order valence-electron chi connectivity index (χ2n) is 6.99. The lowest BCUT2D eigenvalue weighted by atomic mass is 9.84. The highest BCUT2D eigenvalue weighted by atomic mass is 16.3. The quantitative estimate of drug-likeness (QED) is 0.696. The molecule has 0 spiro atoms. The van der Waals surface area contributed by atoms with Crippen LogP contribution in [0.15, 0.2) is 0 Å². The van der Waals surface area contributed by atoms with Crippen molar-refractivity contribution in [3.63, 3.8) is 0 Å². The summed E-state index contributed by atoms with van der Waals surface area (Å²) < 4.78 is 0. The summed E-state index contributed by atoms with van der Waals surface area (Å²) in [4.78, 5) is 17.0. The van der Waals surface area contributed by atoms with E-state index in [1.165, 1.54) is 19.3 Å². The predicted octanol–water partition coefficient (Wildman–Crippen LogP) is 0.617. The maximum Gasteiger partial charge on any atom is 0.315 e. The van der Waals surface area contributed by atoms with Gasteiger partial charge in [0.2, 0.25) is 0 Å². The van der Waals surface area contributed by atoms with E-state index in [0.29, 0.717) is 6.54 Å². The van der Waals surface area contributed by atoms with Gasteiger partial charge in [-0.3, -0.25) is 4.90 Å². The molecule has 0 aliphatic carbocycles. The van der Waals surface area contributed by atoms with Crippen LogP contribution in [0.1, 0.15) is 39.0 Å². The molecular formula is C16H32N4O2. The van der Waals surface area contributed by atoms with Crippen LogP contribution >= 0.6 is 0 Å². The fourth-order valence-corrected chi connectivity index (χ4v) is 3.57. The molecule has 2 rings (SSSR count). The third-order valence-electron chi connectivity index (χ3n) is 5.17. The highest BCUT2D eigenvalue weighted by Crippen LogP contribution is 2.30. The predicted molar refractivity (Wildman–Crippen MR) is 88.0 cm³/mol. The van der Waals surface area contributed by atoms with Crippen molar-refractivity contribution in [2.45, 2.75) is 50.6 Å². The van der Waals surface area contributed by atoms with Crippen LogP contribution in [0, 0.1) is 0 Å². The monoisotopic (exact) mass is 312 g/mol. The average molecular weight is 312 g/mol. The van der Waals surface area contributed by atoms with E-state index in [4.69, 9.17) is 5.11 Å². The molecule has 2 fully saturated rings. The van der Waals surface area contributed by atoms with E-state index in [9.17, 15) is 4.79 Å². The van der Waals surface area contributed by atoms with Gasteiger partial charge in [0.15, 0.2) is 0 Å². The van der Waals surface area contributed by atoms with E-state index in [0.717, 1.165) is 39.0 Å². The lowest BCUT2D eigenvalue weighted by Crippen LogP contribution is -2.62. The van der Waals surface area contributed by atoms with Gasteiger partial charge >= 0.3 is 6.03 Å². The Morgan fingerprint density at radius 3 is 2.41 bits per heavy atom. The first-order valence-corrected chi connectivity index (χ1v) is 8.64. The Labute approximate surface area is 134 Å². The van der Waals surface area contributed by atoms with Gasteiger partial charge in [0, 0.05) is 12.1 Å². The second-order valence-corrected chi connectivity index (χ2v) is 6.99. The van der Waals surface area contributed by atoms with E-state index in [1.54, 1.807) is 6.92 Å². The van der Waals surface area contributed by atoms with Crippen LogP contribution in [0.25, 0.3) is 0 Å². The van der Waals surface area contributed by atoms with Crippen molar-refractivity contribution in [1.82, 2.24) is 20.4 Å². The Morgan fingerprint density at radius 2 is 1.82 bits per heavy atom. The maximum absolute atomic E-state index is 12.0. The first kappa shape index (κ1) is 17.5. The number of amides is 2. The molecule has 2 aliphatic heterocycles. The van der Waals surface area contributed by atoms with Gasteiger partial charge in [0.25, 0.3) is 0 Å². The van der Waals surface area contributed by atoms with Gasteiger partial charge in [-0.15, -0.1) is 0 Å². The number of piperidine rings is 2. The van der Waals surface area contributed by atoms with Crippen molar-refractivity contribution in [2.24, 2.45) is 0 Å². The molecule has 2 aliphatic rings. The van der Waals surface area contributed by atoms with Crippen LogP contribution in [0.3, 0.4) is 0 Å². The van der Waals surface area contributed by atoms with Crippen LogP contribution in [0.2, 0.25) is 0 Å². The van der Waals surface area contributed by atoms with E-state index >= 15 is 0 Å². The average Bonchev–Trinajstić information content (AvgIpc) is 2.55. The summed E-state index contributed by atoms with van der Waals surface area (Å²) in [7, 11) is 2.17. The number of hydrogen-bond acceptors (Lipinski definition) is 4. The molecule has 2 saturated heterocycles. The van der Waals surface area contributed by atoms with Crippen molar-refractivity contribution in [3.05, 3.63) is 0 Å². The molecule has 0 radical (unpaired) electrons. The van der Waals surface area contributed by atoms with Crippen molar-refractivity contribution in [2.75, 3.05) is 46.4 Å². The molecule has 0 unspecified atom stereocenters. The minimum atomic E-state index is -0.205. The fraction of sp³-hybridized carbons (Fsp3) is 0.938. The summed E-state index contributed by atoms with van der Waals surface area (Å²) in [6.45, 7) is 6.95. The van der Waals surface area contributed by atoms with Crippen molar-refractivity contribution in [3.8, 4) is 0 Å². The number of likely N-dealkylation sites (tertiary alicyclic amines) is 2. The van der Waals surface area contributed by atoms with Crippen LogP contribution < -0.4 is 10.6 Å². The Balaban J connectivity index is 1.94. The molecular weight excluding hydrogens is 280 g/mol. The molecule has 128 valence electrons. The maximum atomic E-state index is 12.0. The summed E-state index contributed by atoms with van der Waals surface area (Å²) >= 11 is 0. The first-order valence-electron chi connectivity index (χ1n) is 8.64. The van der Waals surface area contributed by atoms with Crippen LogP contribution in [-0.2, 0) is 0 Å². The number of rotatable bonds is 5. The Hall–Kier alpha value is -0.850. The molecule has 0 aromatic heterocycles. The van der Waals surface area contributed by atoms with E-state index in [-0.39, 0.29) is 24.2 Å². The molecule has 0 aromatic carbocycles. The molecule has 0 bridgehead atoms. The number of urea groups is 1. The zero-order valence-corrected chi connectivity index (χ0v) is 14.1. The summed E-state index contributed by atoms with van der Waals surface area (Å²) in [5.41, 5.74) is 0.104. The van der Waals surface area contributed by atoms with Crippen molar-refractivity contribution in [1.29, 1.82) is 0 Å². The normalized spacial score (nSPS) is 24.7. The van der Waals surface area contributed by atoms with Gasteiger partial charge in [0.05, 0.1) is 12.6 Å². The van der Waals surface area contributed by atoms with Crippen molar-refractivity contribution >= 4 is 6.03 Å². The first-order chi connectivity index (χ1) is 10.6. The highest BCUT2D eigenvalue weighted by molar-refractivity contribution is 5.74. The van der Waals surface area contributed by atoms with Gasteiger partial charge in [-0.25, -0.2) is 4.79 Å². The number of carbonyl (C=O) groups is 1. The Morgan fingerprint density at radius 1 is 1.18 bits per heavy atom. The largest absolute Gasteiger partial charge is 0.394 e. The van der Waals surface area contributed by atoms with E-state index in [1.807, 2.05) is 0 Å². The third-order valence-corrected chi connectivity index (χ3v) is 5.17. The lowest BCUT2D eigenvalue weighted by molar-refractivity contribution is 0.0161. The zero-order valence-electron chi connectivity index (χ0n) is 14.1. The summed E-state index contributed by atoms with van der Waals surface area (Å²) in [6.07, 6.45) is 6.09. The van der Waals surface area contributed by atoms with Gasteiger partial charge < -0.3 is 20.6 Å². The zero-order chi connectivity index (χ0) is 16.0. The van der Waals surface area contributed by atoms with Gasteiger partial charge in [-0.1, -0.05) is 6.42 Å². The summed E-state index contributed by atoms with van der Waals surface area (Å²) in [5.74, 6) is 0. The second kappa shape index (κ2) is 8.13. The molecule has 1 atom stereocenters. The van der Waals surface area contributed by atoms with Gasteiger partial charge in [0.1, 0.15) is 0 Å². The van der Waals surface area contributed by atoms with Crippen LogP contribution in [-0.4, -0.2) is 78.9 Å². The lowest BCUT2D eigenvalue weighted by Gasteiger charge is -2.50. The van der Waals surface area contributed by atoms with Crippen molar-refractivity contribution < 1.29 is 9.90 Å². The molecule has 6 nitrogen and oxygen atoms in total. The number of hydrogen-bond donors (Lipinski definition) is 3. The standard InChI is InChI=1S/C16H32N4O2/c1-14(12-21)18-15(22)17-13-16(6-10-19(2)11-7-16)20-8-4-3-5-9-20/h14,21H,3-13H2,1-2H3,(H2,17,18,22)/t14-/m0/s1. The molecule has 2 amide bonds.